The Morgan fingerprint density at radius 2 is 2.28 bits per heavy atom. The molecule has 0 aliphatic heterocycles. The number of halogens is 2. The van der Waals surface area contributed by atoms with Crippen LogP contribution in [0.3, 0.4) is 0 Å². The van der Waals surface area contributed by atoms with Crippen molar-refractivity contribution in [2.45, 2.75) is 25.3 Å². The molecule has 0 saturated heterocycles. The van der Waals surface area contributed by atoms with Crippen LogP contribution in [0, 0.1) is 0 Å². The molecular weight excluding hydrogens is 332 g/mol. The number of nitrogens with zero attached hydrogens (tertiary/aromatic N) is 2. The van der Waals surface area contributed by atoms with Gasteiger partial charge in [-0.3, -0.25) is 0 Å². The van der Waals surface area contributed by atoms with Crippen LogP contribution in [-0.4, -0.2) is 21.6 Å². The zero-order valence-corrected chi connectivity index (χ0v) is 13.6. The Morgan fingerprint density at radius 1 is 1.50 bits per heavy atom. The van der Waals surface area contributed by atoms with Crippen molar-refractivity contribution in [1.29, 1.82) is 0 Å². The van der Waals surface area contributed by atoms with E-state index in [1.807, 2.05) is 30.8 Å². The second-order valence-electron chi connectivity index (χ2n) is 4.22. The number of aryl methyl sites for hydroxylation is 1. The van der Waals surface area contributed by atoms with Gasteiger partial charge in [-0.25, -0.2) is 4.98 Å². The lowest BCUT2D eigenvalue weighted by molar-refractivity contribution is 0.658. The molecule has 0 saturated carbocycles. The smallest absolute Gasteiger partial charge is 0.127 e. The number of hydrogen-bond acceptors (Lipinski definition) is 2. The Labute approximate surface area is 125 Å². The summed E-state index contributed by atoms with van der Waals surface area (Å²) in [6, 6.07) is 6.17. The van der Waals surface area contributed by atoms with E-state index in [0.29, 0.717) is 0 Å². The minimum atomic E-state index is -0.0644. The van der Waals surface area contributed by atoms with Gasteiger partial charge < -0.3 is 4.57 Å². The first-order valence-corrected chi connectivity index (χ1v) is 8.54. The number of imidazole rings is 1. The molecule has 1 heterocycles. The Bertz CT molecular complexity index is 539. The zero-order chi connectivity index (χ0) is 13.1. The van der Waals surface area contributed by atoms with Crippen LogP contribution >= 0.6 is 39.3 Å². The van der Waals surface area contributed by atoms with E-state index in [-0.39, 0.29) is 5.38 Å². The van der Waals surface area contributed by atoms with Crippen LogP contribution in [0.5, 0.6) is 0 Å². The van der Waals surface area contributed by atoms with Crippen LogP contribution < -0.4 is 0 Å². The van der Waals surface area contributed by atoms with Gasteiger partial charge in [-0.2, -0.15) is 11.8 Å². The third-order valence-electron chi connectivity index (χ3n) is 2.83. The number of hydrogen-bond donors (Lipinski definition) is 0. The van der Waals surface area contributed by atoms with Crippen LogP contribution in [0.1, 0.15) is 24.5 Å². The Hall–Kier alpha value is -0.190. The number of fused-ring (bicyclic) bond motifs is 1. The number of alkyl halides is 1. The van der Waals surface area contributed by atoms with Crippen LogP contribution in [0.15, 0.2) is 22.7 Å². The molecule has 1 aromatic heterocycles. The summed E-state index contributed by atoms with van der Waals surface area (Å²) in [6.45, 7) is 2.95. The highest BCUT2D eigenvalue weighted by molar-refractivity contribution is 9.10. The second-order valence-corrected chi connectivity index (χ2v) is 6.77. The summed E-state index contributed by atoms with van der Waals surface area (Å²) in [4.78, 5) is 4.64. The average molecular weight is 348 g/mol. The predicted octanol–water partition coefficient (Wildman–Crippen LogP) is 4.85. The molecule has 2 aromatic rings. The summed E-state index contributed by atoms with van der Waals surface area (Å²) in [5.41, 5.74) is 2.18. The summed E-state index contributed by atoms with van der Waals surface area (Å²) >= 11 is 11.6. The molecule has 1 unspecified atom stereocenters. The van der Waals surface area contributed by atoms with Crippen LogP contribution in [0.25, 0.3) is 11.0 Å². The molecule has 0 aliphatic carbocycles. The lowest BCUT2D eigenvalue weighted by Crippen LogP contribution is -2.05. The van der Waals surface area contributed by atoms with E-state index in [4.69, 9.17) is 11.6 Å². The highest BCUT2D eigenvalue weighted by Crippen LogP contribution is 2.27. The van der Waals surface area contributed by atoms with Gasteiger partial charge in [0.15, 0.2) is 0 Å². The van der Waals surface area contributed by atoms with Crippen molar-refractivity contribution in [3.63, 3.8) is 0 Å². The molecule has 1 atom stereocenters. The van der Waals surface area contributed by atoms with E-state index >= 15 is 0 Å². The summed E-state index contributed by atoms with van der Waals surface area (Å²) in [6.07, 6.45) is 3.27. The van der Waals surface area contributed by atoms with Gasteiger partial charge in [0, 0.05) is 11.0 Å². The fourth-order valence-electron chi connectivity index (χ4n) is 2.02. The number of rotatable bonds is 5. The Morgan fingerprint density at radius 3 is 2.94 bits per heavy atom. The zero-order valence-electron chi connectivity index (χ0n) is 10.5. The van der Waals surface area contributed by atoms with Gasteiger partial charge >= 0.3 is 0 Å². The topological polar surface area (TPSA) is 17.8 Å². The van der Waals surface area contributed by atoms with Gasteiger partial charge in [0.05, 0.1) is 16.4 Å². The molecule has 0 bridgehead atoms. The third-order valence-corrected chi connectivity index (χ3v) is 4.21. The molecule has 2 nitrogen and oxygen atoms in total. The first-order valence-electron chi connectivity index (χ1n) is 5.92. The quantitative estimate of drug-likeness (QED) is 0.568. The molecule has 0 aliphatic rings. The number of aromatic nitrogens is 2. The maximum atomic E-state index is 6.23. The van der Waals surface area contributed by atoms with Crippen LogP contribution in [-0.2, 0) is 6.54 Å². The van der Waals surface area contributed by atoms with Gasteiger partial charge in [-0.15, -0.1) is 11.6 Å². The van der Waals surface area contributed by atoms with Crippen molar-refractivity contribution in [3.8, 4) is 0 Å². The second kappa shape index (κ2) is 6.31. The maximum absolute atomic E-state index is 6.23. The van der Waals surface area contributed by atoms with Gasteiger partial charge in [0.1, 0.15) is 5.82 Å². The molecule has 18 heavy (non-hydrogen) atoms. The normalized spacial score (nSPS) is 13.1. The fourth-order valence-corrected chi connectivity index (χ4v) is 2.95. The van der Waals surface area contributed by atoms with Gasteiger partial charge in [0.2, 0.25) is 0 Å². The number of benzene rings is 1. The molecule has 0 radical (unpaired) electrons. The summed E-state index contributed by atoms with van der Waals surface area (Å²) in [5.74, 6) is 2.12. The molecule has 98 valence electrons. The molecular formula is C13H16BrClN2S. The van der Waals surface area contributed by atoms with E-state index in [0.717, 1.165) is 40.0 Å². The van der Waals surface area contributed by atoms with Gasteiger partial charge in [-0.1, -0.05) is 15.9 Å². The lowest BCUT2D eigenvalue weighted by Gasteiger charge is -2.10. The lowest BCUT2D eigenvalue weighted by atomic mass is 10.3. The van der Waals surface area contributed by atoms with E-state index in [2.05, 4.69) is 37.8 Å². The van der Waals surface area contributed by atoms with Gasteiger partial charge in [0.25, 0.3) is 0 Å². The molecule has 1 aromatic carbocycles. The van der Waals surface area contributed by atoms with Crippen molar-refractivity contribution < 1.29 is 0 Å². The van der Waals surface area contributed by atoms with E-state index in [1.54, 1.807) is 0 Å². The average Bonchev–Trinajstić information content (AvgIpc) is 2.68. The Kier molecular flexibility index (Phi) is 4.98. The number of thioether (sulfide) groups is 1. The van der Waals surface area contributed by atoms with E-state index < -0.39 is 0 Å². The molecule has 0 amide bonds. The SMILES string of the molecule is CSCCCn1c(C(C)Cl)nc2ccc(Br)cc21. The van der Waals surface area contributed by atoms with E-state index in [1.165, 1.54) is 0 Å². The maximum Gasteiger partial charge on any atom is 0.127 e. The molecule has 5 heteroatoms. The largest absolute Gasteiger partial charge is 0.327 e. The van der Waals surface area contributed by atoms with Crippen LogP contribution in [0.4, 0.5) is 0 Å². The van der Waals surface area contributed by atoms with Crippen molar-refractivity contribution in [1.82, 2.24) is 9.55 Å². The molecule has 0 spiro atoms. The highest BCUT2D eigenvalue weighted by atomic mass is 79.9. The molecule has 2 rings (SSSR count). The van der Waals surface area contributed by atoms with Crippen molar-refractivity contribution in [3.05, 3.63) is 28.5 Å². The standard InChI is InChI=1S/C13H16BrClN2S/c1-9(15)13-16-11-5-4-10(14)8-12(11)17(13)6-3-7-18-2/h4-5,8-9H,3,6-7H2,1-2H3. The Balaban J connectivity index is 2.43. The predicted molar refractivity (Wildman–Crippen MR) is 84.7 cm³/mol. The fraction of sp³-hybridized carbons (Fsp3) is 0.462. The molecule has 0 N–H and O–H groups in total. The summed E-state index contributed by atoms with van der Waals surface area (Å²) in [7, 11) is 0. The third kappa shape index (κ3) is 3.03. The van der Waals surface area contributed by atoms with Crippen LogP contribution in [0.2, 0.25) is 0 Å². The highest BCUT2D eigenvalue weighted by Gasteiger charge is 2.14. The monoisotopic (exact) mass is 346 g/mol. The van der Waals surface area contributed by atoms with Gasteiger partial charge in [-0.05, 0) is 43.6 Å². The summed E-state index contributed by atoms with van der Waals surface area (Å²) < 4.78 is 3.32. The van der Waals surface area contributed by atoms with Crippen molar-refractivity contribution in [2.24, 2.45) is 0 Å². The van der Waals surface area contributed by atoms with Crippen molar-refractivity contribution >= 4 is 50.3 Å². The molecule has 0 fully saturated rings. The minimum Gasteiger partial charge on any atom is -0.327 e. The minimum absolute atomic E-state index is 0.0644. The van der Waals surface area contributed by atoms with E-state index in [9.17, 15) is 0 Å². The summed E-state index contributed by atoms with van der Waals surface area (Å²) in [5, 5.41) is -0.0644. The first-order chi connectivity index (χ1) is 8.63. The van der Waals surface area contributed by atoms with Crippen molar-refractivity contribution in [2.75, 3.05) is 12.0 Å². The first kappa shape index (κ1) is 14.2.